The molecule has 0 saturated carbocycles. The lowest BCUT2D eigenvalue weighted by molar-refractivity contribution is 0.0509. The average molecular weight is 128 g/mol. The molecule has 54 valence electrons. The van der Waals surface area contributed by atoms with E-state index in [-0.39, 0.29) is 5.92 Å². The molecule has 0 rings (SSSR count). The molecular weight excluding hydrogens is 112 g/mol. The molecule has 0 fully saturated rings. The monoisotopic (exact) mass is 128 g/mol. The van der Waals surface area contributed by atoms with E-state index in [1.54, 1.807) is 6.92 Å². The maximum Gasteiger partial charge on any atom is 0.0846 e. The predicted molar refractivity (Wildman–Crippen MR) is 40.3 cm³/mol. The van der Waals surface area contributed by atoms with Gasteiger partial charge in [-0.1, -0.05) is 20.4 Å². The van der Waals surface area contributed by atoms with E-state index >= 15 is 0 Å². The molecule has 9 heavy (non-hydrogen) atoms. The van der Waals surface area contributed by atoms with E-state index in [2.05, 4.69) is 6.58 Å². The zero-order chi connectivity index (χ0) is 7.65. The van der Waals surface area contributed by atoms with E-state index in [1.807, 2.05) is 20.8 Å². The molecule has 0 heterocycles. The highest BCUT2D eigenvalue weighted by Gasteiger charge is 2.24. The maximum atomic E-state index is 9.57. The lowest BCUT2D eigenvalue weighted by Gasteiger charge is -2.27. The third-order valence-electron chi connectivity index (χ3n) is 1.99. The van der Waals surface area contributed by atoms with Crippen LogP contribution in [0, 0.1) is 5.92 Å². The second-order valence-electron chi connectivity index (χ2n) is 3.08. The van der Waals surface area contributed by atoms with Crippen molar-refractivity contribution in [1.29, 1.82) is 0 Å². The molecule has 0 aromatic heterocycles. The Bertz CT molecular complexity index is 112. The van der Waals surface area contributed by atoms with E-state index in [0.717, 1.165) is 5.57 Å². The normalized spacial score (nSPS) is 17.6. The van der Waals surface area contributed by atoms with Crippen molar-refractivity contribution in [3.8, 4) is 0 Å². The molecule has 1 N–H and O–H groups in total. The number of aliphatic hydroxyl groups is 1. The Kier molecular flexibility index (Phi) is 2.44. The summed E-state index contributed by atoms with van der Waals surface area (Å²) in [5.74, 6) is 0.245. The SMILES string of the molecule is C=C(C)[C@@](C)(O)C(C)C. The van der Waals surface area contributed by atoms with Gasteiger partial charge in [0.15, 0.2) is 0 Å². The van der Waals surface area contributed by atoms with Gasteiger partial charge in [0.25, 0.3) is 0 Å². The summed E-state index contributed by atoms with van der Waals surface area (Å²) in [5.41, 5.74) is 0.137. The van der Waals surface area contributed by atoms with Crippen molar-refractivity contribution in [1.82, 2.24) is 0 Å². The molecule has 0 aromatic carbocycles. The van der Waals surface area contributed by atoms with Gasteiger partial charge in [-0.25, -0.2) is 0 Å². The fourth-order valence-corrected chi connectivity index (χ4v) is 0.493. The van der Waals surface area contributed by atoms with Crippen LogP contribution in [-0.4, -0.2) is 10.7 Å². The highest BCUT2D eigenvalue weighted by molar-refractivity contribution is 5.08. The minimum Gasteiger partial charge on any atom is -0.386 e. The summed E-state index contributed by atoms with van der Waals surface area (Å²) in [5, 5.41) is 9.57. The van der Waals surface area contributed by atoms with Crippen molar-refractivity contribution in [3.63, 3.8) is 0 Å². The van der Waals surface area contributed by atoms with Crippen molar-refractivity contribution in [3.05, 3.63) is 12.2 Å². The number of hydrogen-bond acceptors (Lipinski definition) is 1. The first-order valence-corrected chi connectivity index (χ1v) is 3.27. The van der Waals surface area contributed by atoms with Crippen molar-refractivity contribution >= 4 is 0 Å². The van der Waals surface area contributed by atoms with Gasteiger partial charge < -0.3 is 5.11 Å². The highest BCUT2D eigenvalue weighted by atomic mass is 16.3. The molecule has 1 nitrogen and oxygen atoms in total. The topological polar surface area (TPSA) is 20.2 Å². The number of rotatable bonds is 2. The molecule has 0 amide bonds. The van der Waals surface area contributed by atoms with Crippen LogP contribution in [0.2, 0.25) is 0 Å². The van der Waals surface area contributed by atoms with Gasteiger partial charge in [0.1, 0.15) is 0 Å². The summed E-state index contributed by atoms with van der Waals surface area (Å²) in [6.07, 6.45) is 0. The molecular formula is C8H16O. The zero-order valence-corrected chi connectivity index (χ0v) is 6.73. The zero-order valence-electron chi connectivity index (χ0n) is 6.73. The highest BCUT2D eigenvalue weighted by Crippen LogP contribution is 2.22. The minimum atomic E-state index is -0.694. The quantitative estimate of drug-likeness (QED) is 0.564. The Hall–Kier alpha value is -0.300. The maximum absolute atomic E-state index is 9.57. The van der Waals surface area contributed by atoms with Gasteiger partial charge in [-0.3, -0.25) is 0 Å². The largest absolute Gasteiger partial charge is 0.386 e. The second kappa shape index (κ2) is 2.53. The third-order valence-corrected chi connectivity index (χ3v) is 1.99. The van der Waals surface area contributed by atoms with Crippen molar-refractivity contribution < 1.29 is 5.11 Å². The van der Waals surface area contributed by atoms with Gasteiger partial charge in [0.05, 0.1) is 5.60 Å². The Morgan fingerprint density at radius 1 is 1.56 bits per heavy atom. The molecule has 0 spiro atoms. The Balaban J connectivity index is 4.19. The summed E-state index contributed by atoms with van der Waals surface area (Å²) in [7, 11) is 0. The van der Waals surface area contributed by atoms with Crippen molar-refractivity contribution in [2.24, 2.45) is 5.92 Å². The van der Waals surface area contributed by atoms with Gasteiger partial charge in [-0.15, -0.1) is 0 Å². The molecule has 0 aliphatic carbocycles. The average Bonchev–Trinajstić information content (AvgIpc) is 1.65. The molecule has 0 unspecified atom stereocenters. The van der Waals surface area contributed by atoms with E-state index in [0.29, 0.717) is 0 Å². The third kappa shape index (κ3) is 1.83. The first-order chi connectivity index (χ1) is 3.89. The number of hydrogen-bond donors (Lipinski definition) is 1. The first kappa shape index (κ1) is 8.70. The van der Waals surface area contributed by atoms with E-state index < -0.39 is 5.60 Å². The van der Waals surface area contributed by atoms with Crippen LogP contribution in [0.5, 0.6) is 0 Å². The molecule has 1 heteroatoms. The molecule has 0 aromatic rings. The Morgan fingerprint density at radius 3 is 1.89 bits per heavy atom. The molecule has 0 bridgehead atoms. The first-order valence-electron chi connectivity index (χ1n) is 3.27. The summed E-state index contributed by atoms with van der Waals surface area (Å²) in [6.45, 7) is 11.3. The smallest absolute Gasteiger partial charge is 0.0846 e. The second-order valence-corrected chi connectivity index (χ2v) is 3.08. The Labute approximate surface area is 57.4 Å². The van der Waals surface area contributed by atoms with Crippen LogP contribution in [0.3, 0.4) is 0 Å². The Morgan fingerprint density at radius 2 is 1.89 bits per heavy atom. The van der Waals surface area contributed by atoms with Crippen LogP contribution in [0.1, 0.15) is 27.7 Å². The summed E-state index contributed by atoms with van der Waals surface area (Å²) in [6, 6.07) is 0. The van der Waals surface area contributed by atoms with Crippen LogP contribution in [0.15, 0.2) is 12.2 Å². The van der Waals surface area contributed by atoms with Gasteiger partial charge in [0, 0.05) is 0 Å². The fourth-order valence-electron chi connectivity index (χ4n) is 0.493. The van der Waals surface area contributed by atoms with E-state index in [9.17, 15) is 5.11 Å². The van der Waals surface area contributed by atoms with Crippen LogP contribution in [-0.2, 0) is 0 Å². The summed E-state index contributed by atoms with van der Waals surface area (Å²) < 4.78 is 0. The predicted octanol–water partition coefficient (Wildman–Crippen LogP) is 1.97. The fraction of sp³-hybridized carbons (Fsp3) is 0.750. The lowest BCUT2D eigenvalue weighted by Crippen LogP contribution is -2.31. The van der Waals surface area contributed by atoms with Crippen LogP contribution < -0.4 is 0 Å². The molecule has 0 saturated heterocycles. The van der Waals surface area contributed by atoms with E-state index in [1.165, 1.54) is 0 Å². The van der Waals surface area contributed by atoms with E-state index in [4.69, 9.17) is 0 Å². The molecule has 0 aliphatic heterocycles. The lowest BCUT2D eigenvalue weighted by atomic mass is 9.87. The molecule has 0 aliphatic rings. The van der Waals surface area contributed by atoms with Gasteiger partial charge in [0.2, 0.25) is 0 Å². The van der Waals surface area contributed by atoms with Gasteiger partial charge in [-0.2, -0.15) is 0 Å². The van der Waals surface area contributed by atoms with Crippen LogP contribution in [0.4, 0.5) is 0 Å². The van der Waals surface area contributed by atoms with Crippen LogP contribution >= 0.6 is 0 Å². The molecule has 0 radical (unpaired) electrons. The van der Waals surface area contributed by atoms with Crippen molar-refractivity contribution in [2.45, 2.75) is 33.3 Å². The minimum absolute atomic E-state index is 0.245. The summed E-state index contributed by atoms with van der Waals surface area (Å²) in [4.78, 5) is 0. The van der Waals surface area contributed by atoms with Crippen molar-refractivity contribution in [2.75, 3.05) is 0 Å². The van der Waals surface area contributed by atoms with Crippen LogP contribution in [0.25, 0.3) is 0 Å². The standard InChI is InChI=1S/C8H16O/c1-6(2)8(5,9)7(3)4/h7,9H,1H2,2-5H3/t8-/m1/s1. The molecule has 1 atom stereocenters. The summed E-state index contributed by atoms with van der Waals surface area (Å²) >= 11 is 0. The van der Waals surface area contributed by atoms with Gasteiger partial charge in [-0.05, 0) is 25.3 Å². The van der Waals surface area contributed by atoms with Gasteiger partial charge >= 0.3 is 0 Å².